The Kier molecular flexibility index (Phi) is 7.17. The molecule has 3 aromatic rings. The van der Waals surface area contributed by atoms with Crippen LogP contribution < -0.4 is 14.9 Å². The quantitative estimate of drug-likeness (QED) is 0.456. The van der Waals surface area contributed by atoms with Gasteiger partial charge in [-0.15, -0.1) is 0 Å². The molecule has 0 unspecified atom stereocenters. The van der Waals surface area contributed by atoms with Gasteiger partial charge in [0, 0.05) is 17.5 Å². The van der Waals surface area contributed by atoms with Crippen LogP contribution in [0.5, 0.6) is 11.5 Å². The minimum atomic E-state index is 0.449. The van der Waals surface area contributed by atoms with Gasteiger partial charge in [-0.05, 0) is 48.8 Å². The number of nitrogens with one attached hydrogen (secondary N) is 2. The van der Waals surface area contributed by atoms with E-state index in [4.69, 9.17) is 33.3 Å². The first kappa shape index (κ1) is 21.2. The van der Waals surface area contributed by atoms with Crippen molar-refractivity contribution in [3.63, 3.8) is 0 Å². The van der Waals surface area contributed by atoms with Gasteiger partial charge in [-0.2, -0.15) is 5.10 Å². The van der Waals surface area contributed by atoms with E-state index in [0.717, 1.165) is 23.4 Å². The zero-order valence-electron chi connectivity index (χ0n) is 16.8. The highest BCUT2D eigenvalue weighted by Crippen LogP contribution is 2.34. The molecule has 0 saturated heterocycles. The normalized spacial score (nSPS) is 10.8. The summed E-state index contributed by atoms with van der Waals surface area (Å²) in [5, 5.41) is 7.58. The van der Waals surface area contributed by atoms with E-state index in [-0.39, 0.29) is 0 Å². The third-order valence-corrected chi connectivity index (χ3v) is 5.17. The summed E-state index contributed by atoms with van der Waals surface area (Å²) in [6.07, 6.45) is 0.754. The standard InChI is InChI=1S/C21H25ClN4O2S/c1-4-20-24-25-21(29)26(20)23-12-16-10-18(27-5-2)19(11-17(16)22)28-13-15-9-7-6-8-14(15)3/h6-11,23H,4-5,12-13H2,1-3H3,(H,25,29). The molecule has 0 atom stereocenters. The van der Waals surface area contributed by atoms with E-state index in [0.29, 0.717) is 41.1 Å². The van der Waals surface area contributed by atoms with Crippen LogP contribution in [0, 0.1) is 11.7 Å². The fourth-order valence-corrected chi connectivity index (χ4v) is 3.35. The zero-order valence-corrected chi connectivity index (χ0v) is 18.4. The molecule has 0 radical (unpaired) electrons. The van der Waals surface area contributed by atoms with E-state index in [1.165, 1.54) is 5.56 Å². The molecule has 0 fully saturated rings. The summed E-state index contributed by atoms with van der Waals surface area (Å²) in [6.45, 7) is 7.47. The highest BCUT2D eigenvalue weighted by atomic mass is 35.5. The number of benzene rings is 2. The maximum atomic E-state index is 6.53. The van der Waals surface area contributed by atoms with E-state index in [1.807, 2.05) is 32.0 Å². The van der Waals surface area contributed by atoms with Crippen LogP contribution in [0.4, 0.5) is 0 Å². The molecule has 1 heterocycles. The summed E-state index contributed by atoms with van der Waals surface area (Å²) in [4.78, 5) is 0. The van der Waals surface area contributed by atoms with Crippen LogP contribution in [0.2, 0.25) is 5.02 Å². The van der Waals surface area contributed by atoms with Crippen molar-refractivity contribution in [1.82, 2.24) is 14.9 Å². The van der Waals surface area contributed by atoms with Crippen molar-refractivity contribution in [3.05, 3.63) is 68.7 Å². The molecule has 2 aromatic carbocycles. The van der Waals surface area contributed by atoms with Crippen molar-refractivity contribution in [2.75, 3.05) is 12.0 Å². The number of aromatic amines is 1. The number of hydrogen-bond donors (Lipinski definition) is 2. The first-order valence-corrected chi connectivity index (χ1v) is 10.3. The number of hydrogen-bond acceptors (Lipinski definition) is 5. The molecular formula is C21H25ClN4O2S. The molecule has 6 nitrogen and oxygen atoms in total. The Labute approximate surface area is 180 Å². The molecule has 0 saturated carbocycles. The lowest BCUT2D eigenvalue weighted by atomic mass is 10.1. The number of ether oxygens (including phenoxy) is 2. The maximum absolute atomic E-state index is 6.53. The van der Waals surface area contributed by atoms with Gasteiger partial charge in [0.05, 0.1) is 13.2 Å². The minimum absolute atomic E-state index is 0.449. The Hall–Kier alpha value is -2.51. The lowest BCUT2D eigenvalue weighted by Crippen LogP contribution is -2.17. The molecule has 0 bridgehead atoms. The van der Waals surface area contributed by atoms with Gasteiger partial charge in [0.2, 0.25) is 4.77 Å². The average Bonchev–Trinajstić information content (AvgIpc) is 3.07. The minimum Gasteiger partial charge on any atom is -0.490 e. The van der Waals surface area contributed by atoms with Gasteiger partial charge in [0.1, 0.15) is 6.61 Å². The third kappa shape index (κ3) is 5.10. The molecule has 8 heteroatoms. The van der Waals surface area contributed by atoms with Crippen LogP contribution in [0.3, 0.4) is 0 Å². The predicted molar refractivity (Wildman–Crippen MR) is 118 cm³/mol. The van der Waals surface area contributed by atoms with Gasteiger partial charge >= 0.3 is 0 Å². The highest BCUT2D eigenvalue weighted by molar-refractivity contribution is 7.71. The Morgan fingerprint density at radius 2 is 1.90 bits per heavy atom. The van der Waals surface area contributed by atoms with Crippen LogP contribution in [-0.4, -0.2) is 21.5 Å². The number of aryl methyl sites for hydroxylation is 2. The monoisotopic (exact) mass is 432 g/mol. The van der Waals surface area contributed by atoms with E-state index < -0.39 is 0 Å². The van der Waals surface area contributed by atoms with Gasteiger partial charge in [0.25, 0.3) is 0 Å². The van der Waals surface area contributed by atoms with Crippen molar-refractivity contribution in [3.8, 4) is 11.5 Å². The second kappa shape index (κ2) is 9.80. The van der Waals surface area contributed by atoms with Gasteiger partial charge < -0.3 is 14.9 Å². The van der Waals surface area contributed by atoms with Gasteiger partial charge in [-0.25, -0.2) is 4.68 Å². The zero-order chi connectivity index (χ0) is 20.8. The Balaban J connectivity index is 1.79. The summed E-state index contributed by atoms with van der Waals surface area (Å²) in [5.74, 6) is 2.11. The average molecular weight is 433 g/mol. The molecule has 1 aromatic heterocycles. The van der Waals surface area contributed by atoms with E-state index in [1.54, 1.807) is 10.7 Å². The van der Waals surface area contributed by atoms with E-state index in [9.17, 15) is 0 Å². The summed E-state index contributed by atoms with van der Waals surface area (Å²) in [5.41, 5.74) is 6.44. The molecule has 2 N–H and O–H groups in total. The highest BCUT2D eigenvalue weighted by Gasteiger charge is 2.13. The molecule has 0 aliphatic carbocycles. The molecule has 0 aliphatic rings. The first-order valence-electron chi connectivity index (χ1n) is 9.56. The second-order valence-corrected chi connectivity index (χ2v) is 7.30. The third-order valence-electron chi connectivity index (χ3n) is 4.54. The smallest absolute Gasteiger partial charge is 0.214 e. The molecule has 3 rings (SSSR count). The number of aromatic nitrogens is 3. The molecule has 29 heavy (non-hydrogen) atoms. The topological polar surface area (TPSA) is 64.1 Å². The van der Waals surface area contributed by atoms with Crippen molar-refractivity contribution in [2.45, 2.75) is 40.3 Å². The summed E-state index contributed by atoms with van der Waals surface area (Å²) < 4.78 is 14.1. The summed E-state index contributed by atoms with van der Waals surface area (Å²) in [6, 6.07) is 11.8. The van der Waals surface area contributed by atoms with E-state index >= 15 is 0 Å². The molecule has 154 valence electrons. The van der Waals surface area contributed by atoms with Crippen LogP contribution in [0.15, 0.2) is 36.4 Å². The fourth-order valence-electron chi connectivity index (χ4n) is 2.92. The van der Waals surface area contributed by atoms with Crippen molar-refractivity contribution >= 4 is 23.8 Å². The van der Waals surface area contributed by atoms with Gasteiger partial charge in [-0.1, -0.05) is 42.8 Å². The van der Waals surface area contributed by atoms with Crippen LogP contribution in [0.1, 0.15) is 36.4 Å². The Bertz CT molecular complexity index is 1030. The SMILES string of the molecule is CCOc1cc(CNn2c(CC)n[nH]c2=S)c(Cl)cc1OCc1ccccc1C. The second-order valence-electron chi connectivity index (χ2n) is 6.51. The van der Waals surface area contributed by atoms with Gasteiger partial charge in [-0.3, -0.25) is 5.10 Å². The van der Waals surface area contributed by atoms with E-state index in [2.05, 4.69) is 34.7 Å². The Morgan fingerprint density at radius 1 is 1.14 bits per heavy atom. The number of nitrogens with zero attached hydrogens (tertiary/aromatic N) is 2. The maximum Gasteiger partial charge on any atom is 0.214 e. The van der Waals surface area contributed by atoms with Crippen molar-refractivity contribution in [2.24, 2.45) is 0 Å². The van der Waals surface area contributed by atoms with Crippen LogP contribution >= 0.6 is 23.8 Å². The van der Waals surface area contributed by atoms with Gasteiger partial charge in [0.15, 0.2) is 17.3 Å². The fraction of sp³-hybridized carbons (Fsp3) is 0.333. The Morgan fingerprint density at radius 3 is 2.62 bits per heavy atom. The molecular weight excluding hydrogens is 408 g/mol. The largest absolute Gasteiger partial charge is 0.490 e. The summed E-state index contributed by atoms with van der Waals surface area (Å²) in [7, 11) is 0. The van der Waals surface area contributed by atoms with Crippen molar-refractivity contribution in [1.29, 1.82) is 0 Å². The lowest BCUT2D eigenvalue weighted by molar-refractivity contribution is 0.268. The molecule has 0 spiro atoms. The number of halogens is 1. The van der Waals surface area contributed by atoms with Crippen LogP contribution in [-0.2, 0) is 19.6 Å². The van der Waals surface area contributed by atoms with Crippen LogP contribution in [0.25, 0.3) is 0 Å². The summed E-state index contributed by atoms with van der Waals surface area (Å²) >= 11 is 11.8. The van der Waals surface area contributed by atoms with Crippen molar-refractivity contribution < 1.29 is 9.47 Å². The number of H-pyrrole nitrogens is 1. The lowest BCUT2D eigenvalue weighted by Gasteiger charge is -2.16. The first-order chi connectivity index (χ1) is 14.0. The predicted octanol–water partition coefficient (Wildman–Crippen LogP) is 5.19. The molecule has 0 aliphatic heterocycles. The molecule has 0 amide bonds. The number of rotatable bonds is 9.